The molecular formula is C12H16N2O2. The molecule has 1 rings (SSSR count). The summed E-state index contributed by atoms with van der Waals surface area (Å²) in [6.07, 6.45) is 2.07. The van der Waals surface area contributed by atoms with Crippen molar-refractivity contribution in [3.63, 3.8) is 0 Å². The molecule has 0 atom stereocenters. The summed E-state index contributed by atoms with van der Waals surface area (Å²) in [4.78, 5) is 14.7. The SMILES string of the molecule is CC(C)=CCNCc1cccc(C(=O)O)n1. The number of carboxylic acids is 1. The van der Waals surface area contributed by atoms with Crippen LogP contribution < -0.4 is 5.32 Å². The summed E-state index contributed by atoms with van der Waals surface area (Å²) >= 11 is 0. The standard InChI is InChI=1S/C12H16N2O2/c1-9(2)6-7-13-8-10-4-3-5-11(14-10)12(15)16/h3-6,13H,7-8H2,1-2H3,(H,15,16). The second kappa shape index (κ2) is 6.02. The molecule has 86 valence electrons. The molecule has 0 aliphatic heterocycles. The molecule has 0 aromatic carbocycles. The zero-order chi connectivity index (χ0) is 12.0. The molecule has 0 saturated carbocycles. The first-order valence-corrected chi connectivity index (χ1v) is 5.13. The number of rotatable bonds is 5. The zero-order valence-corrected chi connectivity index (χ0v) is 9.53. The largest absolute Gasteiger partial charge is 0.477 e. The first-order valence-electron chi connectivity index (χ1n) is 5.13. The first kappa shape index (κ1) is 12.4. The van der Waals surface area contributed by atoms with Gasteiger partial charge in [0.25, 0.3) is 0 Å². The average Bonchev–Trinajstić information content (AvgIpc) is 2.24. The minimum atomic E-state index is -0.994. The second-order valence-electron chi connectivity index (χ2n) is 3.73. The van der Waals surface area contributed by atoms with E-state index in [0.717, 1.165) is 12.2 Å². The van der Waals surface area contributed by atoms with E-state index in [1.165, 1.54) is 11.6 Å². The number of nitrogens with zero attached hydrogens (tertiary/aromatic N) is 1. The van der Waals surface area contributed by atoms with Crippen molar-refractivity contribution in [3.8, 4) is 0 Å². The number of hydrogen-bond acceptors (Lipinski definition) is 3. The molecule has 0 spiro atoms. The Bertz CT molecular complexity index is 396. The van der Waals surface area contributed by atoms with E-state index < -0.39 is 5.97 Å². The Morgan fingerprint density at radius 1 is 1.50 bits per heavy atom. The molecule has 2 N–H and O–H groups in total. The number of allylic oxidation sites excluding steroid dienone is 1. The third kappa shape index (κ3) is 4.23. The molecule has 0 fully saturated rings. The van der Waals surface area contributed by atoms with E-state index in [2.05, 4.69) is 16.4 Å². The Morgan fingerprint density at radius 2 is 2.25 bits per heavy atom. The van der Waals surface area contributed by atoms with Crippen LogP contribution in [-0.4, -0.2) is 22.6 Å². The monoisotopic (exact) mass is 220 g/mol. The molecule has 16 heavy (non-hydrogen) atoms. The maximum atomic E-state index is 10.7. The summed E-state index contributed by atoms with van der Waals surface area (Å²) in [5.74, 6) is -0.994. The second-order valence-corrected chi connectivity index (χ2v) is 3.73. The number of carbonyl (C=O) groups is 1. The van der Waals surface area contributed by atoms with Gasteiger partial charge in [-0.05, 0) is 26.0 Å². The molecule has 0 radical (unpaired) electrons. The predicted molar refractivity (Wildman–Crippen MR) is 62.3 cm³/mol. The van der Waals surface area contributed by atoms with E-state index >= 15 is 0 Å². The van der Waals surface area contributed by atoms with Crippen LogP contribution in [0.2, 0.25) is 0 Å². The molecule has 1 aromatic heterocycles. The van der Waals surface area contributed by atoms with E-state index in [1.54, 1.807) is 6.07 Å². The van der Waals surface area contributed by atoms with E-state index in [1.807, 2.05) is 19.9 Å². The van der Waals surface area contributed by atoms with E-state index in [4.69, 9.17) is 5.11 Å². The van der Waals surface area contributed by atoms with Gasteiger partial charge in [-0.3, -0.25) is 0 Å². The summed E-state index contributed by atoms with van der Waals surface area (Å²) < 4.78 is 0. The Labute approximate surface area is 95.0 Å². The lowest BCUT2D eigenvalue weighted by atomic mass is 10.3. The van der Waals surface area contributed by atoms with Crippen LogP contribution in [0.3, 0.4) is 0 Å². The minimum absolute atomic E-state index is 0.0847. The van der Waals surface area contributed by atoms with Crippen molar-refractivity contribution in [2.75, 3.05) is 6.54 Å². The van der Waals surface area contributed by atoms with Crippen LogP contribution in [0, 0.1) is 0 Å². The van der Waals surface area contributed by atoms with E-state index in [0.29, 0.717) is 6.54 Å². The predicted octanol–water partition coefficient (Wildman–Crippen LogP) is 1.84. The Kier molecular flexibility index (Phi) is 4.66. The van der Waals surface area contributed by atoms with Gasteiger partial charge in [-0.15, -0.1) is 0 Å². The van der Waals surface area contributed by atoms with E-state index in [-0.39, 0.29) is 5.69 Å². The van der Waals surface area contributed by atoms with Crippen molar-refractivity contribution >= 4 is 5.97 Å². The third-order valence-electron chi connectivity index (χ3n) is 1.99. The number of nitrogens with one attached hydrogen (secondary N) is 1. The van der Waals surface area contributed by atoms with Crippen LogP contribution in [-0.2, 0) is 6.54 Å². The molecule has 0 aliphatic rings. The Morgan fingerprint density at radius 3 is 2.88 bits per heavy atom. The highest BCUT2D eigenvalue weighted by atomic mass is 16.4. The highest BCUT2D eigenvalue weighted by molar-refractivity contribution is 5.85. The number of aromatic carboxylic acids is 1. The molecule has 0 saturated heterocycles. The summed E-state index contributed by atoms with van der Waals surface area (Å²) in [7, 11) is 0. The minimum Gasteiger partial charge on any atom is -0.477 e. The van der Waals surface area contributed by atoms with Crippen molar-refractivity contribution < 1.29 is 9.90 Å². The van der Waals surface area contributed by atoms with Gasteiger partial charge in [-0.1, -0.05) is 17.7 Å². The van der Waals surface area contributed by atoms with Crippen molar-refractivity contribution in [1.82, 2.24) is 10.3 Å². The van der Waals surface area contributed by atoms with Gasteiger partial charge in [0.2, 0.25) is 0 Å². The van der Waals surface area contributed by atoms with Gasteiger partial charge in [0, 0.05) is 13.1 Å². The smallest absolute Gasteiger partial charge is 0.354 e. The average molecular weight is 220 g/mol. The van der Waals surface area contributed by atoms with Crippen LogP contribution >= 0.6 is 0 Å². The van der Waals surface area contributed by atoms with Crippen molar-refractivity contribution in [3.05, 3.63) is 41.2 Å². The zero-order valence-electron chi connectivity index (χ0n) is 9.53. The van der Waals surface area contributed by atoms with Crippen LogP contribution in [0.25, 0.3) is 0 Å². The van der Waals surface area contributed by atoms with Gasteiger partial charge in [-0.25, -0.2) is 9.78 Å². The maximum absolute atomic E-state index is 10.7. The van der Waals surface area contributed by atoms with Gasteiger partial charge in [0.1, 0.15) is 5.69 Å². The molecule has 1 heterocycles. The molecular weight excluding hydrogens is 204 g/mol. The quantitative estimate of drug-likeness (QED) is 0.587. The number of aromatic nitrogens is 1. The summed E-state index contributed by atoms with van der Waals surface area (Å²) in [6.45, 7) is 5.40. The summed E-state index contributed by atoms with van der Waals surface area (Å²) in [5.41, 5.74) is 2.07. The Hall–Kier alpha value is -1.68. The number of hydrogen-bond donors (Lipinski definition) is 2. The van der Waals surface area contributed by atoms with Crippen LogP contribution in [0.1, 0.15) is 30.0 Å². The van der Waals surface area contributed by atoms with Gasteiger partial charge in [0.05, 0.1) is 5.69 Å². The molecule has 1 aromatic rings. The van der Waals surface area contributed by atoms with Gasteiger partial charge in [-0.2, -0.15) is 0 Å². The lowest BCUT2D eigenvalue weighted by molar-refractivity contribution is 0.0690. The number of carboxylic acid groups (broad SMARTS) is 1. The fraction of sp³-hybridized carbons (Fsp3) is 0.333. The molecule has 0 amide bonds. The van der Waals surface area contributed by atoms with Crippen molar-refractivity contribution in [2.45, 2.75) is 20.4 Å². The molecule has 0 aliphatic carbocycles. The molecule has 0 bridgehead atoms. The van der Waals surface area contributed by atoms with Gasteiger partial charge in [0.15, 0.2) is 0 Å². The fourth-order valence-corrected chi connectivity index (χ4v) is 1.17. The summed E-state index contributed by atoms with van der Waals surface area (Å²) in [6, 6.07) is 5.00. The summed E-state index contributed by atoms with van der Waals surface area (Å²) in [5, 5.41) is 11.9. The highest BCUT2D eigenvalue weighted by Crippen LogP contribution is 1.99. The first-order chi connectivity index (χ1) is 7.59. The van der Waals surface area contributed by atoms with Crippen LogP contribution in [0.4, 0.5) is 0 Å². The lowest BCUT2D eigenvalue weighted by Crippen LogP contribution is -2.15. The normalized spacial score (nSPS) is 9.88. The van der Waals surface area contributed by atoms with Crippen molar-refractivity contribution in [2.24, 2.45) is 0 Å². The van der Waals surface area contributed by atoms with Gasteiger partial charge >= 0.3 is 5.97 Å². The maximum Gasteiger partial charge on any atom is 0.354 e. The molecule has 4 nitrogen and oxygen atoms in total. The third-order valence-corrected chi connectivity index (χ3v) is 1.99. The number of pyridine rings is 1. The topological polar surface area (TPSA) is 62.2 Å². The highest BCUT2D eigenvalue weighted by Gasteiger charge is 2.04. The molecule has 4 heteroatoms. The molecule has 0 unspecified atom stereocenters. The van der Waals surface area contributed by atoms with Crippen LogP contribution in [0.5, 0.6) is 0 Å². The lowest BCUT2D eigenvalue weighted by Gasteiger charge is -2.02. The van der Waals surface area contributed by atoms with Crippen molar-refractivity contribution in [1.29, 1.82) is 0 Å². The Balaban J connectivity index is 2.51. The van der Waals surface area contributed by atoms with Crippen LogP contribution in [0.15, 0.2) is 29.8 Å². The van der Waals surface area contributed by atoms with Gasteiger partial charge < -0.3 is 10.4 Å². The van der Waals surface area contributed by atoms with E-state index in [9.17, 15) is 4.79 Å². The fourth-order valence-electron chi connectivity index (χ4n) is 1.17.